The molecule has 1 aliphatic heterocycles. The van der Waals surface area contributed by atoms with Crippen LogP contribution in [0.5, 0.6) is 0 Å². The van der Waals surface area contributed by atoms with Crippen molar-refractivity contribution in [1.82, 2.24) is 10.6 Å². The van der Waals surface area contributed by atoms with Gasteiger partial charge in [-0.05, 0) is 25.8 Å². The number of nitrogens with two attached hydrogens (primary N) is 1. The van der Waals surface area contributed by atoms with E-state index in [0.29, 0.717) is 32.4 Å². The number of unbranched alkanes of at least 4 members (excludes halogenated alkanes) is 1. The van der Waals surface area contributed by atoms with E-state index in [0.717, 1.165) is 6.42 Å². The maximum atomic E-state index is 11.6. The Kier molecular flexibility index (Phi) is 10.6. The van der Waals surface area contributed by atoms with E-state index in [2.05, 4.69) is 10.6 Å². The fourth-order valence-electron chi connectivity index (χ4n) is 2.62. The van der Waals surface area contributed by atoms with E-state index in [-0.39, 0.29) is 12.5 Å². The molecule has 1 aliphatic rings. The quantitative estimate of drug-likeness (QED) is 0.217. The highest BCUT2D eigenvalue weighted by Gasteiger charge is 2.45. The summed E-state index contributed by atoms with van der Waals surface area (Å²) < 4.78 is 11.0. The number of hydrogen-bond donors (Lipinski definition) is 6. The Morgan fingerprint density at radius 3 is 2.54 bits per heavy atom. The molecule has 1 rings (SSSR count). The van der Waals surface area contributed by atoms with Crippen LogP contribution in [0.3, 0.4) is 0 Å². The van der Waals surface area contributed by atoms with Gasteiger partial charge in [-0.15, -0.1) is 0 Å². The molecule has 0 saturated carbocycles. The Hall–Kier alpha value is -1.30. The van der Waals surface area contributed by atoms with Crippen LogP contribution in [0.15, 0.2) is 0 Å². The van der Waals surface area contributed by atoms with Crippen molar-refractivity contribution >= 4 is 11.8 Å². The molecule has 0 aromatic carbocycles. The second-order valence-electron chi connectivity index (χ2n) is 6.25. The van der Waals surface area contributed by atoms with E-state index >= 15 is 0 Å². The normalized spacial score (nSPS) is 28.6. The zero-order chi connectivity index (χ0) is 19.5. The fourth-order valence-corrected chi connectivity index (χ4v) is 2.62. The lowest BCUT2D eigenvalue weighted by Gasteiger charge is -2.42. The molecule has 5 atom stereocenters. The van der Waals surface area contributed by atoms with Crippen molar-refractivity contribution in [3.63, 3.8) is 0 Å². The molecule has 7 N–H and O–H groups in total. The molecule has 10 heteroatoms. The lowest BCUT2D eigenvalue weighted by molar-refractivity contribution is -0.270. The number of ether oxygens (including phenoxy) is 2. The molecule has 0 aliphatic carbocycles. The Balaban J connectivity index is 2.39. The number of amides is 2. The molecule has 1 saturated heterocycles. The number of aliphatic hydroxyl groups excluding tert-OH is 3. The zero-order valence-electron chi connectivity index (χ0n) is 15.1. The molecule has 0 aromatic rings. The zero-order valence-corrected chi connectivity index (χ0v) is 15.1. The average molecular weight is 377 g/mol. The molecular weight excluding hydrogens is 346 g/mol. The molecule has 0 bridgehead atoms. The van der Waals surface area contributed by atoms with Gasteiger partial charge in [-0.25, -0.2) is 0 Å². The van der Waals surface area contributed by atoms with Gasteiger partial charge >= 0.3 is 0 Å². The highest BCUT2D eigenvalue weighted by Crippen LogP contribution is 2.22. The van der Waals surface area contributed by atoms with Crippen LogP contribution in [0.4, 0.5) is 0 Å². The summed E-state index contributed by atoms with van der Waals surface area (Å²) in [6.45, 7) is 2.10. The van der Waals surface area contributed by atoms with Crippen LogP contribution in [0, 0.1) is 0 Å². The predicted molar refractivity (Wildman–Crippen MR) is 91.8 cm³/mol. The fraction of sp³-hybridized carbons (Fsp3) is 0.875. The smallest absolute Gasteiger partial charge is 0.219 e. The summed E-state index contributed by atoms with van der Waals surface area (Å²) in [7, 11) is 0. The Labute approximate surface area is 153 Å². The van der Waals surface area contributed by atoms with Crippen LogP contribution in [-0.4, -0.2) is 84.1 Å². The molecule has 2 amide bonds. The van der Waals surface area contributed by atoms with Gasteiger partial charge in [0.2, 0.25) is 11.8 Å². The summed E-state index contributed by atoms with van der Waals surface area (Å²) in [4.78, 5) is 22.9. The van der Waals surface area contributed by atoms with Crippen LogP contribution in [-0.2, 0) is 19.1 Å². The maximum absolute atomic E-state index is 11.6. The summed E-state index contributed by atoms with van der Waals surface area (Å²) in [5.41, 5.74) is 5.35. The average Bonchev–Trinajstić information content (AvgIpc) is 2.60. The second kappa shape index (κ2) is 12.2. The third-order valence-electron chi connectivity index (χ3n) is 4.03. The highest BCUT2D eigenvalue weighted by atomic mass is 16.7. The molecular formula is C16H31N3O7. The van der Waals surface area contributed by atoms with Crippen molar-refractivity contribution in [3.05, 3.63) is 0 Å². The van der Waals surface area contributed by atoms with Gasteiger partial charge in [-0.3, -0.25) is 9.59 Å². The van der Waals surface area contributed by atoms with Crippen molar-refractivity contribution in [2.24, 2.45) is 5.73 Å². The molecule has 3 unspecified atom stereocenters. The minimum absolute atomic E-state index is 0.0534. The van der Waals surface area contributed by atoms with E-state index in [9.17, 15) is 24.9 Å². The van der Waals surface area contributed by atoms with E-state index < -0.39 is 43.2 Å². The highest BCUT2D eigenvalue weighted by molar-refractivity contribution is 5.75. The number of carbonyl (C=O) groups is 2. The first-order valence-electron chi connectivity index (χ1n) is 8.88. The molecule has 152 valence electrons. The van der Waals surface area contributed by atoms with Crippen LogP contribution in [0.2, 0.25) is 0 Å². The lowest BCUT2D eigenvalue weighted by atomic mass is 9.97. The number of aliphatic hydroxyl groups is 3. The van der Waals surface area contributed by atoms with E-state index in [1.54, 1.807) is 0 Å². The van der Waals surface area contributed by atoms with Crippen LogP contribution in [0.1, 0.15) is 32.6 Å². The standard InChI is InChI=1S/C16H31N3O7/c1-10(21)19-13-15(24)14(23)11(9-20)26-16(13)25-8-3-2-5-12(22)18-7-4-6-17/h11,13-16,20,23-24H,2-9,17H2,1H3,(H,18,22)(H,19,21)/t11?,13?,14-,15?,16+/m0/s1. The summed E-state index contributed by atoms with van der Waals surface area (Å²) in [5, 5.41) is 34.5. The maximum Gasteiger partial charge on any atom is 0.219 e. The lowest BCUT2D eigenvalue weighted by Crippen LogP contribution is -2.64. The summed E-state index contributed by atoms with van der Waals surface area (Å²) in [5.74, 6) is -0.461. The van der Waals surface area contributed by atoms with Crippen molar-refractivity contribution in [3.8, 4) is 0 Å². The molecule has 0 radical (unpaired) electrons. The summed E-state index contributed by atoms with van der Waals surface area (Å²) >= 11 is 0. The van der Waals surface area contributed by atoms with Gasteiger partial charge in [-0.1, -0.05) is 0 Å². The van der Waals surface area contributed by atoms with Gasteiger partial charge in [-0.2, -0.15) is 0 Å². The van der Waals surface area contributed by atoms with Gasteiger partial charge < -0.3 is 41.2 Å². The third kappa shape index (κ3) is 7.52. The first-order chi connectivity index (χ1) is 12.4. The minimum atomic E-state index is -1.34. The van der Waals surface area contributed by atoms with E-state index in [1.807, 2.05) is 0 Å². The Morgan fingerprint density at radius 1 is 1.19 bits per heavy atom. The molecule has 1 fully saturated rings. The second-order valence-corrected chi connectivity index (χ2v) is 6.25. The first-order valence-corrected chi connectivity index (χ1v) is 8.88. The number of nitrogens with one attached hydrogen (secondary N) is 2. The number of carbonyl (C=O) groups excluding carboxylic acids is 2. The van der Waals surface area contributed by atoms with Crippen molar-refractivity contribution in [2.75, 3.05) is 26.3 Å². The molecule has 1 heterocycles. The van der Waals surface area contributed by atoms with Gasteiger partial charge in [0.15, 0.2) is 6.29 Å². The first kappa shape index (κ1) is 22.7. The molecule has 0 spiro atoms. The topological polar surface area (TPSA) is 163 Å². The van der Waals surface area contributed by atoms with E-state index in [4.69, 9.17) is 15.2 Å². The number of rotatable bonds is 11. The minimum Gasteiger partial charge on any atom is -0.394 e. The molecule has 10 nitrogen and oxygen atoms in total. The largest absolute Gasteiger partial charge is 0.394 e. The van der Waals surface area contributed by atoms with Gasteiger partial charge in [0, 0.05) is 26.5 Å². The molecule has 26 heavy (non-hydrogen) atoms. The SMILES string of the molecule is CC(=O)NC1C(O)[C@@H](O)C(CO)O[C@H]1OCCCCC(=O)NCCCN. The van der Waals surface area contributed by atoms with Gasteiger partial charge in [0.25, 0.3) is 0 Å². The van der Waals surface area contributed by atoms with Gasteiger partial charge in [0.1, 0.15) is 24.4 Å². The monoisotopic (exact) mass is 377 g/mol. The van der Waals surface area contributed by atoms with Crippen LogP contribution >= 0.6 is 0 Å². The van der Waals surface area contributed by atoms with Gasteiger partial charge in [0.05, 0.1) is 6.61 Å². The van der Waals surface area contributed by atoms with Crippen molar-refractivity contribution < 1.29 is 34.4 Å². The summed E-state index contributed by atoms with van der Waals surface area (Å²) in [6, 6.07) is -0.954. The van der Waals surface area contributed by atoms with Crippen molar-refractivity contribution in [1.29, 1.82) is 0 Å². The molecule has 0 aromatic heterocycles. The van der Waals surface area contributed by atoms with Crippen LogP contribution in [0.25, 0.3) is 0 Å². The third-order valence-corrected chi connectivity index (χ3v) is 4.03. The van der Waals surface area contributed by atoms with Crippen LogP contribution < -0.4 is 16.4 Å². The number of hydrogen-bond acceptors (Lipinski definition) is 8. The summed E-state index contributed by atoms with van der Waals surface area (Å²) in [6.07, 6.45) is -2.42. The Morgan fingerprint density at radius 2 is 1.92 bits per heavy atom. The van der Waals surface area contributed by atoms with Crippen molar-refractivity contribution in [2.45, 2.75) is 63.3 Å². The predicted octanol–water partition coefficient (Wildman–Crippen LogP) is -2.42. The Bertz CT molecular complexity index is 438. The van der Waals surface area contributed by atoms with E-state index in [1.165, 1.54) is 6.92 Å².